The number of rotatable bonds is 5. The molecule has 5 heteroatoms. The third kappa shape index (κ3) is 5.19. The smallest absolute Gasteiger partial charge is 0.332 e. The van der Waals surface area contributed by atoms with Gasteiger partial charge in [0.1, 0.15) is 0 Å². The van der Waals surface area contributed by atoms with Gasteiger partial charge in [0.15, 0.2) is 6.04 Å². The maximum absolute atomic E-state index is 11.9. The van der Waals surface area contributed by atoms with Gasteiger partial charge in [-0.05, 0) is 32.6 Å². The fraction of sp³-hybridized carbons (Fsp3) is 0.857. The average molecular weight is 270 g/mol. The number of nitrogens with one attached hydrogen (secondary N) is 1. The molecular formula is C14H26N2O3. The fourth-order valence-electron chi connectivity index (χ4n) is 2.58. The summed E-state index contributed by atoms with van der Waals surface area (Å²) in [6.07, 6.45) is 7.26. The Morgan fingerprint density at radius 3 is 2.37 bits per heavy atom. The summed E-state index contributed by atoms with van der Waals surface area (Å²) in [5.74, 6) is -0.607. The van der Waals surface area contributed by atoms with Crippen LogP contribution >= 0.6 is 0 Å². The van der Waals surface area contributed by atoms with Crippen LogP contribution in [0.4, 0.5) is 0 Å². The van der Waals surface area contributed by atoms with Crippen molar-refractivity contribution in [1.29, 1.82) is 0 Å². The van der Waals surface area contributed by atoms with Gasteiger partial charge in [0.2, 0.25) is 5.91 Å². The first-order valence-corrected chi connectivity index (χ1v) is 7.28. The van der Waals surface area contributed by atoms with Crippen molar-refractivity contribution in [2.75, 3.05) is 6.61 Å². The summed E-state index contributed by atoms with van der Waals surface area (Å²) in [6, 6.07) is -1.15. The first kappa shape index (κ1) is 16.0. The van der Waals surface area contributed by atoms with Crippen LogP contribution in [0.25, 0.3) is 0 Å². The minimum absolute atomic E-state index is 0.0612. The molecule has 0 aromatic rings. The van der Waals surface area contributed by atoms with E-state index in [4.69, 9.17) is 10.5 Å². The molecule has 1 fully saturated rings. The number of nitrogens with two attached hydrogens (primary N) is 1. The van der Waals surface area contributed by atoms with Gasteiger partial charge >= 0.3 is 5.97 Å². The second-order valence-corrected chi connectivity index (χ2v) is 5.28. The molecule has 1 unspecified atom stereocenters. The van der Waals surface area contributed by atoms with Crippen LogP contribution in [-0.4, -0.2) is 30.6 Å². The molecule has 0 spiro atoms. The van der Waals surface area contributed by atoms with Gasteiger partial charge < -0.3 is 15.8 Å². The first-order chi connectivity index (χ1) is 9.06. The van der Waals surface area contributed by atoms with Gasteiger partial charge in [-0.3, -0.25) is 4.79 Å². The van der Waals surface area contributed by atoms with Crippen molar-refractivity contribution in [2.24, 2.45) is 11.7 Å². The van der Waals surface area contributed by atoms with Gasteiger partial charge in [-0.25, -0.2) is 4.79 Å². The second kappa shape index (κ2) is 8.15. The van der Waals surface area contributed by atoms with Crippen LogP contribution in [0.1, 0.15) is 52.4 Å². The van der Waals surface area contributed by atoms with Crippen LogP contribution < -0.4 is 11.1 Å². The molecule has 19 heavy (non-hydrogen) atoms. The summed E-state index contributed by atoms with van der Waals surface area (Å²) in [5, 5.41) is 2.85. The van der Waals surface area contributed by atoms with E-state index in [1.54, 1.807) is 6.92 Å². The molecule has 2 atom stereocenters. The van der Waals surface area contributed by atoms with Crippen molar-refractivity contribution < 1.29 is 14.3 Å². The highest BCUT2D eigenvalue weighted by atomic mass is 16.5. The minimum Gasteiger partial charge on any atom is -0.464 e. The zero-order chi connectivity index (χ0) is 14.3. The van der Waals surface area contributed by atoms with Gasteiger partial charge in [-0.2, -0.15) is 0 Å². The second-order valence-electron chi connectivity index (χ2n) is 5.28. The predicted molar refractivity (Wildman–Crippen MR) is 73.4 cm³/mol. The SMILES string of the molecule is CCOC(=O)C(N)C(=O)N[C@H](C)C1CCCCCC1. The van der Waals surface area contributed by atoms with Crippen LogP contribution in [0.15, 0.2) is 0 Å². The van der Waals surface area contributed by atoms with E-state index in [-0.39, 0.29) is 12.6 Å². The molecule has 1 saturated carbocycles. The summed E-state index contributed by atoms with van der Waals surface area (Å²) < 4.78 is 4.75. The Morgan fingerprint density at radius 1 is 1.26 bits per heavy atom. The van der Waals surface area contributed by atoms with E-state index in [2.05, 4.69) is 5.32 Å². The van der Waals surface area contributed by atoms with Gasteiger partial charge in [-0.1, -0.05) is 25.7 Å². The van der Waals surface area contributed by atoms with E-state index in [1.807, 2.05) is 6.92 Å². The molecule has 0 aromatic carbocycles. The number of carbonyl (C=O) groups excluding carboxylic acids is 2. The van der Waals surface area contributed by atoms with Gasteiger partial charge in [-0.15, -0.1) is 0 Å². The molecular weight excluding hydrogens is 244 g/mol. The Balaban J connectivity index is 2.43. The van der Waals surface area contributed by atoms with Crippen LogP contribution in [0.3, 0.4) is 0 Å². The Labute approximate surface area is 115 Å². The quantitative estimate of drug-likeness (QED) is 0.449. The van der Waals surface area contributed by atoms with E-state index in [0.29, 0.717) is 5.92 Å². The van der Waals surface area contributed by atoms with E-state index < -0.39 is 17.9 Å². The molecule has 1 rings (SSSR count). The zero-order valence-electron chi connectivity index (χ0n) is 12.0. The lowest BCUT2D eigenvalue weighted by molar-refractivity contribution is -0.148. The predicted octanol–water partition coefficient (Wildman–Crippen LogP) is 1.35. The molecule has 0 bridgehead atoms. The third-order valence-corrected chi connectivity index (χ3v) is 3.80. The molecule has 0 radical (unpaired) electrons. The van der Waals surface area contributed by atoms with Gasteiger partial charge in [0, 0.05) is 6.04 Å². The van der Waals surface area contributed by atoms with Crippen molar-refractivity contribution in [2.45, 2.75) is 64.5 Å². The molecule has 110 valence electrons. The van der Waals surface area contributed by atoms with Crippen molar-refractivity contribution in [3.05, 3.63) is 0 Å². The molecule has 3 N–H and O–H groups in total. The summed E-state index contributed by atoms with van der Waals surface area (Å²) in [5.41, 5.74) is 5.57. The molecule has 0 aliphatic heterocycles. The highest BCUT2D eigenvalue weighted by Crippen LogP contribution is 2.25. The number of hydrogen-bond acceptors (Lipinski definition) is 4. The molecule has 1 amide bonds. The summed E-state index contributed by atoms with van der Waals surface area (Å²) in [7, 11) is 0. The third-order valence-electron chi connectivity index (χ3n) is 3.80. The fourth-order valence-corrected chi connectivity index (χ4v) is 2.58. The van der Waals surface area contributed by atoms with Crippen molar-refractivity contribution >= 4 is 11.9 Å². The first-order valence-electron chi connectivity index (χ1n) is 7.28. The number of esters is 1. The normalized spacial score (nSPS) is 20.2. The zero-order valence-corrected chi connectivity index (χ0v) is 12.0. The molecule has 1 aliphatic carbocycles. The van der Waals surface area contributed by atoms with Crippen molar-refractivity contribution in [3.8, 4) is 0 Å². The van der Waals surface area contributed by atoms with Crippen LogP contribution in [0, 0.1) is 5.92 Å². The Bertz CT molecular complexity index is 299. The van der Waals surface area contributed by atoms with E-state index in [1.165, 1.54) is 25.7 Å². The topological polar surface area (TPSA) is 81.4 Å². The lowest BCUT2D eigenvalue weighted by Crippen LogP contribution is -2.50. The average Bonchev–Trinajstić information content (AvgIpc) is 2.66. The largest absolute Gasteiger partial charge is 0.464 e. The summed E-state index contributed by atoms with van der Waals surface area (Å²) in [6.45, 7) is 3.92. The van der Waals surface area contributed by atoms with Crippen LogP contribution in [0.5, 0.6) is 0 Å². The standard InChI is InChI=1S/C14H26N2O3/c1-3-19-14(18)12(15)13(17)16-10(2)11-8-6-4-5-7-9-11/h10-12H,3-9,15H2,1-2H3,(H,16,17)/t10-,12?/m1/s1. The Kier molecular flexibility index (Phi) is 6.84. The molecule has 1 aliphatic rings. The van der Waals surface area contributed by atoms with E-state index in [0.717, 1.165) is 12.8 Å². The van der Waals surface area contributed by atoms with Crippen LogP contribution in [0.2, 0.25) is 0 Å². The lowest BCUT2D eigenvalue weighted by Gasteiger charge is -2.24. The van der Waals surface area contributed by atoms with Crippen LogP contribution in [-0.2, 0) is 14.3 Å². The van der Waals surface area contributed by atoms with Gasteiger partial charge in [0.25, 0.3) is 0 Å². The minimum atomic E-state index is -1.21. The maximum Gasteiger partial charge on any atom is 0.332 e. The maximum atomic E-state index is 11.9. The van der Waals surface area contributed by atoms with Crippen molar-refractivity contribution in [1.82, 2.24) is 5.32 Å². The Hall–Kier alpha value is -1.10. The summed E-state index contributed by atoms with van der Waals surface area (Å²) >= 11 is 0. The molecule has 0 heterocycles. The lowest BCUT2D eigenvalue weighted by atomic mass is 9.93. The number of carbonyl (C=O) groups is 2. The monoisotopic (exact) mass is 270 g/mol. The number of hydrogen-bond donors (Lipinski definition) is 2. The highest BCUT2D eigenvalue weighted by molar-refractivity contribution is 6.01. The van der Waals surface area contributed by atoms with E-state index >= 15 is 0 Å². The Morgan fingerprint density at radius 2 is 1.84 bits per heavy atom. The molecule has 0 saturated heterocycles. The number of ether oxygens (including phenoxy) is 1. The molecule has 0 aromatic heterocycles. The molecule has 5 nitrogen and oxygen atoms in total. The number of amides is 1. The van der Waals surface area contributed by atoms with Gasteiger partial charge in [0.05, 0.1) is 6.61 Å². The van der Waals surface area contributed by atoms with E-state index in [9.17, 15) is 9.59 Å². The van der Waals surface area contributed by atoms with Crippen molar-refractivity contribution in [3.63, 3.8) is 0 Å². The highest BCUT2D eigenvalue weighted by Gasteiger charge is 2.27. The summed E-state index contributed by atoms with van der Waals surface area (Å²) in [4.78, 5) is 23.3.